The Bertz CT molecular complexity index is 1090. The van der Waals surface area contributed by atoms with Crippen molar-refractivity contribution in [1.29, 1.82) is 0 Å². The molecule has 0 spiro atoms. The van der Waals surface area contributed by atoms with E-state index in [1.807, 2.05) is 50.2 Å². The number of anilines is 1. The van der Waals surface area contributed by atoms with Gasteiger partial charge >= 0.3 is 0 Å². The zero-order valence-corrected chi connectivity index (χ0v) is 22.7. The SMILES string of the molecule is CCCCNC(=O)[C@@H](C)N(Cc1cccc(Br)c1)C(=O)CN(c1ccccc1CC)S(C)(=O)=O. The molecule has 186 valence electrons. The second kappa shape index (κ2) is 12.9. The number of nitrogens with zero attached hydrogens (tertiary/aromatic N) is 2. The molecule has 0 aromatic heterocycles. The van der Waals surface area contributed by atoms with Crippen molar-refractivity contribution in [1.82, 2.24) is 10.2 Å². The van der Waals surface area contributed by atoms with Gasteiger partial charge in [-0.15, -0.1) is 0 Å². The molecule has 0 heterocycles. The van der Waals surface area contributed by atoms with Crippen LogP contribution in [0.25, 0.3) is 0 Å². The molecule has 0 bridgehead atoms. The molecule has 7 nitrogen and oxygen atoms in total. The smallest absolute Gasteiger partial charge is 0.244 e. The van der Waals surface area contributed by atoms with Crippen LogP contribution in [0.15, 0.2) is 53.0 Å². The molecule has 2 aromatic carbocycles. The summed E-state index contributed by atoms with van der Waals surface area (Å²) in [5, 5.41) is 2.88. The number of unbranched alkanes of at least 4 members (excludes halogenated alkanes) is 1. The predicted molar refractivity (Wildman–Crippen MR) is 140 cm³/mol. The molecule has 2 amide bonds. The molecule has 0 saturated carbocycles. The van der Waals surface area contributed by atoms with Crippen LogP contribution in [0, 0.1) is 0 Å². The van der Waals surface area contributed by atoms with Crippen LogP contribution in [0.5, 0.6) is 0 Å². The largest absolute Gasteiger partial charge is 0.354 e. The number of hydrogen-bond donors (Lipinski definition) is 1. The normalized spacial score (nSPS) is 12.1. The van der Waals surface area contributed by atoms with Gasteiger partial charge in [0, 0.05) is 17.6 Å². The molecular formula is C25H34BrN3O4S. The van der Waals surface area contributed by atoms with E-state index < -0.39 is 28.5 Å². The van der Waals surface area contributed by atoms with Gasteiger partial charge in [-0.1, -0.05) is 66.5 Å². The number of halogens is 1. The first-order chi connectivity index (χ1) is 16.1. The first kappa shape index (κ1) is 27.9. The molecule has 0 aliphatic rings. The summed E-state index contributed by atoms with van der Waals surface area (Å²) in [6.45, 7) is 5.94. The number of carbonyl (C=O) groups excluding carboxylic acids is 2. The summed E-state index contributed by atoms with van der Waals surface area (Å²) in [5.41, 5.74) is 2.13. The number of aryl methyl sites for hydroxylation is 1. The highest BCUT2D eigenvalue weighted by atomic mass is 79.9. The molecule has 34 heavy (non-hydrogen) atoms. The van der Waals surface area contributed by atoms with Crippen LogP contribution in [0.1, 0.15) is 44.7 Å². The quantitative estimate of drug-likeness (QED) is 0.402. The predicted octanol–water partition coefficient (Wildman–Crippen LogP) is 4.11. The number of carbonyl (C=O) groups is 2. The summed E-state index contributed by atoms with van der Waals surface area (Å²) in [6.07, 6.45) is 3.49. The molecule has 0 saturated heterocycles. The number of benzene rings is 2. The molecule has 2 rings (SSSR count). The highest BCUT2D eigenvalue weighted by Gasteiger charge is 2.30. The van der Waals surface area contributed by atoms with Gasteiger partial charge in [-0.3, -0.25) is 13.9 Å². The van der Waals surface area contributed by atoms with E-state index in [1.54, 1.807) is 19.1 Å². The number of nitrogens with one attached hydrogen (secondary N) is 1. The Morgan fingerprint density at radius 3 is 2.41 bits per heavy atom. The third-order valence-corrected chi connectivity index (χ3v) is 7.18. The van der Waals surface area contributed by atoms with E-state index in [0.717, 1.165) is 39.0 Å². The Morgan fingerprint density at radius 2 is 1.79 bits per heavy atom. The monoisotopic (exact) mass is 551 g/mol. The highest BCUT2D eigenvalue weighted by Crippen LogP contribution is 2.24. The lowest BCUT2D eigenvalue weighted by Crippen LogP contribution is -2.51. The molecule has 0 aliphatic carbocycles. The third kappa shape index (κ3) is 7.84. The summed E-state index contributed by atoms with van der Waals surface area (Å²) < 4.78 is 27.4. The van der Waals surface area contributed by atoms with Crippen LogP contribution in [-0.2, 0) is 32.6 Å². The standard InChI is InChI=1S/C25H34BrN3O4S/c1-5-7-15-27-25(31)19(3)28(17-20-11-10-13-22(26)16-20)24(30)18-29(34(4,32)33)23-14-9-8-12-21(23)6-2/h8-14,16,19H,5-7,15,17-18H2,1-4H3,(H,27,31)/t19-/m1/s1. The van der Waals surface area contributed by atoms with E-state index in [-0.39, 0.29) is 12.5 Å². The minimum atomic E-state index is -3.74. The number of rotatable bonds is 12. The Kier molecular flexibility index (Phi) is 10.6. The van der Waals surface area contributed by atoms with Crippen LogP contribution in [0.4, 0.5) is 5.69 Å². The first-order valence-electron chi connectivity index (χ1n) is 11.5. The fraction of sp³-hybridized carbons (Fsp3) is 0.440. The minimum Gasteiger partial charge on any atom is -0.354 e. The van der Waals surface area contributed by atoms with Crippen molar-refractivity contribution in [2.75, 3.05) is 23.7 Å². The minimum absolute atomic E-state index is 0.174. The Labute approximate surface area is 211 Å². The molecule has 2 aromatic rings. The maximum atomic E-state index is 13.6. The molecule has 9 heteroatoms. The van der Waals surface area contributed by atoms with E-state index in [2.05, 4.69) is 21.2 Å². The lowest BCUT2D eigenvalue weighted by molar-refractivity contribution is -0.139. The number of hydrogen-bond acceptors (Lipinski definition) is 4. The average Bonchev–Trinajstić information content (AvgIpc) is 2.79. The number of amides is 2. The highest BCUT2D eigenvalue weighted by molar-refractivity contribution is 9.10. The summed E-state index contributed by atoms with van der Waals surface area (Å²) in [6, 6.07) is 13.8. The van der Waals surface area contributed by atoms with E-state index in [4.69, 9.17) is 0 Å². The van der Waals surface area contributed by atoms with Gasteiger partial charge in [0.25, 0.3) is 0 Å². The van der Waals surface area contributed by atoms with E-state index in [1.165, 1.54) is 4.90 Å². The number of sulfonamides is 1. The fourth-order valence-electron chi connectivity index (χ4n) is 3.60. The van der Waals surface area contributed by atoms with Crippen LogP contribution < -0.4 is 9.62 Å². The third-order valence-electron chi connectivity index (χ3n) is 5.56. The summed E-state index contributed by atoms with van der Waals surface area (Å²) in [7, 11) is -3.74. The van der Waals surface area contributed by atoms with E-state index in [0.29, 0.717) is 18.7 Å². The van der Waals surface area contributed by atoms with Crippen LogP contribution in [0.2, 0.25) is 0 Å². The van der Waals surface area contributed by atoms with Crippen molar-refractivity contribution < 1.29 is 18.0 Å². The molecule has 0 radical (unpaired) electrons. The molecule has 1 N–H and O–H groups in total. The van der Waals surface area contributed by atoms with Gasteiger partial charge in [-0.25, -0.2) is 8.42 Å². The van der Waals surface area contributed by atoms with Crippen LogP contribution in [0.3, 0.4) is 0 Å². The van der Waals surface area contributed by atoms with Gasteiger partial charge in [0.15, 0.2) is 0 Å². The Balaban J connectivity index is 2.38. The summed E-state index contributed by atoms with van der Waals surface area (Å²) in [4.78, 5) is 27.8. The van der Waals surface area contributed by atoms with Crippen molar-refractivity contribution in [3.63, 3.8) is 0 Å². The van der Waals surface area contributed by atoms with Crippen molar-refractivity contribution in [3.05, 3.63) is 64.1 Å². The van der Waals surface area contributed by atoms with Gasteiger partial charge in [-0.05, 0) is 49.1 Å². The second-order valence-corrected chi connectivity index (χ2v) is 11.0. The van der Waals surface area contributed by atoms with Crippen LogP contribution in [-0.4, -0.2) is 50.5 Å². The van der Waals surface area contributed by atoms with Gasteiger partial charge in [0.2, 0.25) is 21.8 Å². The van der Waals surface area contributed by atoms with Gasteiger partial charge in [-0.2, -0.15) is 0 Å². The zero-order chi connectivity index (χ0) is 25.3. The van der Waals surface area contributed by atoms with E-state index in [9.17, 15) is 18.0 Å². The summed E-state index contributed by atoms with van der Waals surface area (Å²) in [5.74, 6) is -0.717. The summed E-state index contributed by atoms with van der Waals surface area (Å²) >= 11 is 3.44. The van der Waals surface area contributed by atoms with Gasteiger partial charge in [0.1, 0.15) is 12.6 Å². The zero-order valence-electron chi connectivity index (χ0n) is 20.3. The van der Waals surface area contributed by atoms with Crippen molar-refractivity contribution >= 4 is 43.5 Å². The average molecular weight is 553 g/mol. The van der Waals surface area contributed by atoms with Gasteiger partial charge < -0.3 is 10.2 Å². The number of para-hydroxylation sites is 1. The van der Waals surface area contributed by atoms with Crippen LogP contribution >= 0.6 is 15.9 Å². The van der Waals surface area contributed by atoms with Gasteiger partial charge in [0.05, 0.1) is 11.9 Å². The first-order valence-corrected chi connectivity index (χ1v) is 14.1. The topological polar surface area (TPSA) is 86.8 Å². The fourth-order valence-corrected chi connectivity index (χ4v) is 4.93. The van der Waals surface area contributed by atoms with Crippen molar-refractivity contribution in [3.8, 4) is 0 Å². The lowest BCUT2D eigenvalue weighted by atomic mass is 10.1. The van der Waals surface area contributed by atoms with Crippen molar-refractivity contribution in [2.24, 2.45) is 0 Å². The molecular weight excluding hydrogens is 518 g/mol. The second-order valence-electron chi connectivity index (χ2n) is 8.22. The molecule has 0 unspecified atom stereocenters. The molecule has 1 atom stereocenters. The van der Waals surface area contributed by atoms with Crippen molar-refractivity contribution in [2.45, 2.75) is 52.6 Å². The molecule has 0 aliphatic heterocycles. The maximum absolute atomic E-state index is 13.6. The maximum Gasteiger partial charge on any atom is 0.244 e. The van der Waals surface area contributed by atoms with E-state index >= 15 is 0 Å². The lowest BCUT2D eigenvalue weighted by Gasteiger charge is -2.32. The Morgan fingerprint density at radius 1 is 1.09 bits per heavy atom. The molecule has 0 fully saturated rings. The Hall–Kier alpha value is -2.39.